The molecule has 1 aliphatic heterocycles. The number of benzene rings is 1. The van der Waals surface area contributed by atoms with Crippen molar-refractivity contribution in [3.63, 3.8) is 0 Å². The fraction of sp³-hybridized carbons (Fsp3) is 0.619. The summed E-state index contributed by atoms with van der Waals surface area (Å²) < 4.78 is 8.94. The molecule has 0 radical (unpaired) electrons. The highest BCUT2D eigenvalue weighted by Crippen LogP contribution is 2.42. The van der Waals surface area contributed by atoms with Gasteiger partial charge in [0, 0.05) is 29.7 Å². The van der Waals surface area contributed by atoms with Crippen LogP contribution >= 0.6 is 0 Å². The molecule has 3 nitrogen and oxygen atoms in total. The molecule has 0 amide bonds. The Hall–Kier alpha value is -1.48. The number of hydrogen-bond donors (Lipinski definition) is 0. The number of rotatable bonds is 2. The quantitative estimate of drug-likeness (QED) is 0.798. The molecule has 1 aromatic carbocycles. The number of nitrogens with zero attached hydrogens (tertiary/aromatic N) is 2. The molecule has 3 aliphatic rings. The van der Waals surface area contributed by atoms with E-state index in [9.17, 15) is 0 Å². The van der Waals surface area contributed by atoms with Crippen molar-refractivity contribution in [2.75, 3.05) is 13.6 Å². The Morgan fingerprint density at radius 3 is 2.75 bits per heavy atom. The van der Waals surface area contributed by atoms with E-state index in [-0.39, 0.29) is 0 Å². The summed E-state index contributed by atoms with van der Waals surface area (Å²) in [5.74, 6) is 1.09. The Morgan fingerprint density at radius 1 is 1.00 bits per heavy atom. The number of fused-ring (bicyclic) bond motifs is 3. The molecule has 2 aliphatic carbocycles. The minimum absolute atomic E-state index is 0.434. The van der Waals surface area contributed by atoms with Crippen LogP contribution in [0.4, 0.5) is 0 Å². The van der Waals surface area contributed by atoms with Crippen LogP contribution in [0, 0.1) is 0 Å². The van der Waals surface area contributed by atoms with E-state index in [4.69, 9.17) is 4.74 Å². The number of aryl methyl sites for hydroxylation is 1. The zero-order chi connectivity index (χ0) is 16.1. The Kier molecular flexibility index (Phi) is 3.58. The van der Waals surface area contributed by atoms with Gasteiger partial charge in [-0.1, -0.05) is 6.42 Å². The molecule has 0 bridgehead atoms. The van der Waals surface area contributed by atoms with Crippen molar-refractivity contribution < 1.29 is 4.74 Å². The summed E-state index contributed by atoms with van der Waals surface area (Å²) in [7, 11) is 2.29. The van der Waals surface area contributed by atoms with Crippen LogP contribution in [0.2, 0.25) is 0 Å². The van der Waals surface area contributed by atoms with Gasteiger partial charge >= 0.3 is 0 Å². The van der Waals surface area contributed by atoms with E-state index in [1.807, 2.05) is 0 Å². The highest BCUT2D eigenvalue weighted by atomic mass is 16.5. The topological polar surface area (TPSA) is 17.4 Å². The molecule has 5 rings (SSSR count). The van der Waals surface area contributed by atoms with Crippen molar-refractivity contribution in [3.05, 3.63) is 29.5 Å². The number of ether oxygens (including phenoxy) is 1. The predicted octanol–water partition coefficient (Wildman–Crippen LogP) is 4.68. The van der Waals surface area contributed by atoms with Gasteiger partial charge in [0.1, 0.15) is 5.75 Å². The average Bonchev–Trinajstić information content (AvgIpc) is 2.94. The van der Waals surface area contributed by atoms with Crippen LogP contribution in [0.25, 0.3) is 10.9 Å². The summed E-state index contributed by atoms with van der Waals surface area (Å²) in [6, 6.07) is 7.48. The van der Waals surface area contributed by atoms with E-state index in [0.717, 1.165) is 12.3 Å². The van der Waals surface area contributed by atoms with Crippen LogP contribution in [-0.2, 0) is 13.0 Å². The molecule has 1 unspecified atom stereocenters. The summed E-state index contributed by atoms with van der Waals surface area (Å²) in [5, 5.41) is 1.46. The third-order valence-electron chi connectivity index (χ3n) is 6.47. The van der Waals surface area contributed by atoms with Gasteiger partial charge in [0.2, 0.25) is 0 Å². The first kappa shape index (κ1) is 14.8. The second-order valence-electron chi connectivity index (χ2n) is 7.96. The lowest BCUT2D eigenvalue weighted by Crippen LogP contribution is -2.36. The molecule has 2 aromatic rings. The van der Waals surface area contributed by atoms with Crippen molar-refractivity contribution in [1.82, 2.24) is 9.47 Å². The summed E-state index contributed by atoms with van der Waals surface area (Å²) in [6.07, 6.45) is 10.8. The third kappa shape index (κ3) is 2.28. The smallest absolute Gasteiger partial charge is 0.120 e. The fourth-order valence-electron chi connectivity index (χ4n) is 5.21. The van der Waals surface area contributed by atoms with E-state index >= 15 is 0 Å². The standard InChI is InChI=1S/C21H28N2O/c1-22-12-13-23-19-11-10-16(24-15-6-3-2-4-7-15)14-18(19)17-8-5-9-20(22)21(17)23/h10-11,14-15,20H,2-9,12-13H2,1H3. The summed E-state index contributed by atoms with van der Waals surface area (Å²) in [5.41, 5.74) is 4.62. The lowest BCUT2D eigenvalue weighted by molar-refractivity contribution is 0.155. The van der Waals surface area contributed by atoms with Crippen LogP contribution in [0.3, 0.4) is 0 Å². The maximum Gasteiger partial charge on any atom is 0.120 e. The Balaban J connectivity index is 1.55. The molecule has 1 aromatic heterocycles. The van der Waals surface area contributed by atoms with Crippen molar-refractivity contribution in [1.29, 1.82) is 0 Å². The lowest BCUT2D eigenvalue weighted by atomic mass is 9.90. The maximum absolute atomic E-state index is 6.34. The Bertz CT molecular complexity index is 757. The summed E-state index contributed by atoms with van der Waals surface area (Å²) in [6.45, 7) is 2.29. The lowest BCUT2D eigenvalue weighted by Gasteiger charge is -2.37. The zero-order valence-electron chi connectivity index (χ0n) is 14.8. The molecule has 2 heterocycles. The van der Waals surface area contributed by atoms with Gasteiger partial charge in [-0.2, -0.15) is 0 Å². The van der Waals surface area contributed by atoms with Crippen molar-refractivity contribution in [3.8, 4) is 5.75 Å². The van der Waals surface area contributed by atoms with E-state index in [2.05, 4.69) is 34.7 Å². The van der Waals surface area contributed by atoms with Crippen LogP contribution in [0.1, 0.15) is 62.2 Å². The van der Waals surface area contributed by atoms with Crippen LogP contribution in [-0.4, -0.2) is 29.2 Å². The largest absolute Gasteiger partial charge is 0.490 e. The van der Waals surface area contributed by atoms with Crippen LogP contribution in [0.5, 0.6) is 5.75 Å². The van der Waals surface area contributed by atoms with Gasteiger partial charge in [-0.15, -0.1) is 0 Å². The van der Waals surface area contributed by atoms with E-state index < -0.39 is 0 Å². The van der Waals surface area contributed by atoms with Crippen LogP contribution in [0.15, 0.2) is 18.2 Å². The highest BCUT2D eigenvalue weighted by Gasteiger charge is 2.33. The second kappa shape index (κ2) is 5.80. The molecular formula is C21H28N2O. The molecule has 24 heavy (non-hydrogen) atoms. The summed E-state index contributed by atoms with van der Waals surface area (Å²) >= 11 is 0. The normalized spacial score (nSPS) is 25.0. The molecule has 1 atom stereocenters. The Morgan fingerprint density at radius 2 is 1.88 bits per heavy atom. The first-order valence-electron chi connectivity index (χ1n) is 9.83. The molecule has 0 N–H and O–H groups in total. The first-order valence-corrected chi connectivity index (χ1v) is 9.83. The van der Waals surface area contributed by atoms with E-state index in [1.54, 1.807) is 11.3 Å². The molecule has 1 saturated carbocycles. The molecule has 128 valence electrons. The number of aromatic nitrogens is 1. The van der Waals surface area contributed by atoms with Gasteiger partial charge in [-0.05, 0) is 75.8 Å². The van der Waals surface area contributed by atoms with Crippen molar-refractivity contribution in [2.24, 2.45) is 0 Å². The first-order chi connectivity index (χ1) is 11.8. The van der Waals surface area contributed by atoms with Gasteiger partial charge in [0.15, 0.2) is 0 Å². The van der Waals surface area contributed by atoms with Gasteiger partial charge < -0.3 is 9.30 Å². The van der Waals surface area contributed by atoms with Crippen LogP contribution < -0.4 is 4.74 Å². The molecule has 3 heteroatoms. The maximum atomic E-state index is 6.34. The predicted molar refractivity (Wildman–Crippen MR) is 97.7 cm³/mol. The second-order valence-corrected chi connectivity index (χ2v) is 7.96. The van der Waals surface area contributed by atoms with Crippen molar-refractivity contribution >= 4 is 10.9 Å². The van der Waals surface area contributed by atoms with Crippen molar-refractivity contribution in [2.45, 2.75) is 70.1 Å². The highest BCUT2D eigenvalue weighted by molar-refractivity contribution is 5.87. The zero-order valence-corrected chi connectivity index (χ0v) is 14.8. The summed E-state index contributed by atoms with van der Waals surface area (Å²) in [4.78, 5) is 2.55. The monoisotopic (exact) mass is 324 g/mol. The average molecular weight is 324 g/mol. The number of likely N-dealkylation sites (N-methyl/N-ethyl adjacent to an activating group) is 1. The van der Waals surface area contributed by atoms with Gasteiger partial charge in [-0.25, -0.2) is 0 Å². The molecule has 1 fully saturated rings. The van der Waals surface area contributed by atoms with Gasteiger partial charge in [-0.3, -0.25) is 4.90 Å². The minimum Gasteiger partial charge on any atom is -0.490 e. The number of hydrogen-bond acceptors (Lipinski definition) is 2. The third-order valence-corrected chi connectivity index (χ3v) is 6.47. The van der Waals surface area contributed by atoms with Gasteiger partial charge in [0.05, 0.1) is 12.1 Å². The molecule has 0 saturated heterocycles. The SMILES string of the molecule is CN1CCn2c3c(c4cc(OC5CCCCC5)ccc42)CCCC31. The fourth-order valence-corrected chi connectivity index (χ4v) is 5.21. The Labute approximate surface area is 144 Å². The van der Waals surface area contributed by atoms with E-state index in [1.165, 1.54) is 68.8 Å². The van der Waals surface area contributed by atoms with Gasteiger partial charge in [0.25, 0.3) is 0 Å². The van der Waals surface area contributed by atoms with E-state index in [0.29, 0.717) is 12.1 Å². The molecule has 0 spiro atoms. The minimum atomic E-state index is 0.434. The molecular weight excluding hydrogens is 296 g/mol.